The molecule has 1 rings (SSSR count). The molecule has 0 spiro atoms. The highest BCUT2D eigenvalue weighted by Gasteiger charge is 2.23. The van der Waals surface area contributed by atoms with E-state index in [9.17, 15) is 4.79 Å². The van der Waals surface area contributed by atoms with E-state index < -0.39 is 0 Å². The Balaban J connectivity index is 2.98. The summed E-state index contributed by atoms with van der Waals surface area (Å²) in [5, 5.41) is 0. The Hall–Kier alpha value is -1.35. The Kier molecular flexibility index (Phi) is 4.50. The lowest BCUT2D eigenvalue weighted by molar-refractivity contribution is -0.148. The van der Waals surface area contributed by atoms with Crippen molar-refractivity contribution in [1.29, 1.82) is 0 Å². The standard InChI is InChI=1S/C13H19NO2/c1-5-16-13(15)12(14(3)4)11-8-6-7-10(2)9-11/h6-9,12H,5H2,1-4H3. The zero-order chi connectivity index (χ0) is 12.1. The van der Waals surface area contributed by atoms with E-state index in [1.54, 1.807) is 0 Å². The molecule has 88 valence electrons. The number of esters is 1. The molecule has 1 atom stereocenters. The molecule has 3 nitrogen and oxygen atoms in total. The van der Waals surface area contributed by atoms with Crippen molar-refractivity contribution in [2.24, 2.45) is 0 Å². The van der Waals surface area contributed by atoms with Crippen LogP contribution in [0.25, 0.3) is 0 Å². The van der Waals surface area contributed by atoms with E-state index in [4.69, 9.17) is 4.74 Å². The molecule has 0 aromatic heterocycles. The maximum atomic E-state index is 11.8. The van der Waals surface area contributed by atoms with Crippen molar-refractivity contribution in [2.75, 3.05) is 20.7 Å². The highest BCUT2D eigenvalue weighted by molar-refractivity contribution is 5.77. The molecule has 0 fully saturated rings. The number of carbonyl (C=O) groups is 1. The van der Waals surface area contributed by atoms with E-state index in [-0.39, 0.29) is 12.0 Å². The van der Waals surface area contributed by atoms with Crippen molar-refractivity contribution in [2.45, 2.75) is 19.9 Å². The molecule has 0 bridgehead atoms. The number of benzene rings is 1. The molecule has 0 aliphatic heterocycles. The maximum Gasteiger partial charge on any atom is 0.327 e. The predicted molar refractivity (Wildman–Crippen MR) is 64.2 cm³/mol. The van der Waals surface area contributed by atoms with Crippen LogP contribution in [0, 0.1) is 6.92 Å². The van der Waals surface area contributed by atoms with Gasteiger partial charge in [-0.25, -0.2) is 4.79 Å². The molecule has 0 saturated heterocycles. The Labute approximate surface area is 97.0 Å². The molecule has 0 N–H and O–H groups in total. The van der Waals surface area contributed by atoms with Gasteiger partial charge in [0.25, 0.3) is 0 Å². The van der Waals surface area contributed by atoms with Crippen molar-refractivity contribution in [3.63, 3.8) is 0 Å². The lowest BCUT2D eigenvalue weighted by Gasteiger charge is -2.22. The number of hydrogen-bond acceptors (Lipinski definition) is 3. The summed E-state index contributed by atoms with van der Waals surface area (Å²) in [6, 6.07) is 7.62. The first kappa shape index (κ1) is 12.7. The van der Waals surface area contributed by atoms with Gasteiger partial charge < -0.3 is 4.74 Å². The Bertz CT molecular complexity index is 361. The summed E-state index contributed by atoms with van der Waals surface area (Å²) in [4.78, 5) is 13.7. The molecule has 0 radical (unpaired) electrons. The minimum atomic E-state index is -0.320. The first-order chi connectivity index (χ1) is 7.56. The van der Waals surface area contributed by atoms with E-state index in [1.807, 2.05) is 57.1 Å². The van der Waals surface area contributed by atoms with E-state index in [0.717, 1.165) is 11.1 Å². The summed E-state index contributed by atoms with van der Waals surface area (Å²) in [6.45, 7) is 4.25. The van der Waals surface area contributed by atoms with Gasteiger partial charge in [0.05, 0.1) is 6.61 Å². The van der Waals surface area contributed by atoms with Crippen LogP contribution in [0.1, 0.15) is 24.1 Å². The number of rotatable bonds is 4. The second kappa shape index (κ2) is 5.66. The van der Waals surface area contributed by atoms with Gasteiger partial charge in [0, 0.05) is 0 Å². The number of aryl methyl sites for hydroxylation is 1. The predicted octanol–water partition coefficient (Wildman–Crippen LogP) is 2.16. The van der Waals surface area contributed by atoms with Crippen molar-refractivity contribution >= 4 is 5.97 Å². The van der Waals surface area contributed by atoms with Crippen LogP contribution in [0.5, 0.6) is 0 Å². The quantitative estimate of drug-likeness (QED) is 0.730. The fraction of sp³-hybridized carbons (Fsp3) is 0.462. The number of carbonyl (C=O) groups excluding carboxylic acids is 1. The molecule has 1 aromatic carbocycles. The van der Waals surface area contributed by atoms with Gasteiger partial charge in [-0.2, -0.15) is 0 Å². The van der Waals surface area contributed by atoms with Crippen molar-refractivity contribution in [3.8, 4) is 0 Å². The third-order valence-electron chi connectivity index (χ3n) is 2.38. The number of likely N-dealkylation sites (N-methyl/N-ethyl adjacent to an activating group) is 1. The van der Waals surface area contributed by atoms with Crippen molar-refractivity contribution in [1.82, 2.24) is 4.90 Å². The second-order valence-electron chi connectivity index (χ2n) is 4.03. The van der Waals surface area contributed by atoms with Crippen LogP contribution in [-0.2, 0) is 9.53 Å². The highest BCUT2D eigenvalue weighted by atomic mass is 16.5. The first-order valence-corrected chi connectivity index (χ1v) is 5.46. The SMILES string of the molecule is CCOC(=O)C(c1cccc(C)c1)N(C)C. The first-order valence-electron chi connectivity index (χ1n) is 5.46. The summed E-state index contributed by atoms with van der Waals surface area (Å²) in [5.41, 5.74) is 2.12. The van der Waals surface area contributed by atoms with Gasteiger partial charge in [-0.1, -0.05) is 29.8 Å². The average molecular weight is 221 g/mol. The van der Waals surface area contributed by atoms with E-state index in [0.29, 0.717) is 6.61 Å². The third kappa shape index (κ3) is 3.07. The van der Waals surface area contributed by atoms with E-state index >= 15 is 0 Å². The van der Waals surface area contributed by atoms with Gasteiger partial charge in [0.1, 0.15) is 6.04 Å². The monoisotopic (exact) mass is 221 g/mol. The molecule has 1 aromatic rings. The normalized spacial score (nSPS) is 12.6. The molecule has 0 amide bonds. The van der Waals surface area contributed by atoms with Crippen LogP contribution in [0.15, 0.2) is 24.3 Å². The van der Waals surface area contributed by atoms with Crippen molar-refractivity contribution < 1.29 is 9.53 Å². The summed E-state index contributed by atoms with van der Waals surface area (Å²) >= 11 is 0. The average Bonchev–Trinajstić information content (AvgIpc) is 2.17. The fourth-order valence-electron chi connectivity index (χ4n) is 1.71. The van der Waals surface area contributed by atoms with Gasteiger partial charge in [-0.05, 0) is 33.5 Å². The lowest BCUT2D eigenvalue weighted by Crippen LogP contribution is -2.29. The Morgan fingerprint density at radius 2 is 2.12 bits per heavy atom. The molecule has 3 heteroatoms. The molecule has 0 saturated carbocycles. The topological polar surface area (TPSA) is 29.5 Å². The fourth-order valence-corrected chi connectivity index (χ4v) is 1.71. The number of nitrogens with zero attached hydrogens (tertiary/aromatic N) is 1. The van der Waals surface area contributed by atoms with Gasteiger partial charge in [-0.3, -0.25) is 4.90 Å². The molecular formula is C13H19NO2. The second-order valence-corrected chi connectivity index (χ2v) is 4.03. The number of ether oxygens (including phenoxy) is 1. The van der Waals surface area contributed by atoms with Gasteiger partial charge in [-0.15, -0.1) is 0 Å². The van der Waals surface area contributed by atoms with Gasteiger partial charge in [0.2, 0.25) is 0 Å². The van der Waals surface area contributed by atoms with Crippen LogP contribution in [0.2, 0.25) is 0 Å². The van der Waals surface area contributed by atoms with Crippen LogP contribution in [-0.4, -0.2) is 31.6 Å². The van der Waals surface area contributed by atoms with Crippen LogP contribution in [0.3, 0.4) is 0 Å². The van der Waals surface area contributed by atoms with Gasteiger partial charge >= 0.3 is 5.97 Å². The smallest absolute Gasteiger partial charge is 0.327 e. The molecule has 0 heterocycles. The molecule has 1 unspecified atom stereocenters. The summed E-state index contributed by atoms with van der Waals surface area (Å²) in [7, 11) is 3.76. The minimum Gasteiger partial charge on any atom is -0.465 e. The van der Waals surface area contributed by atoms with Crippen LogP contribution >= 0.6 is 0 Å². The van der Waals surface area contributed by atoms with Crippen LogP contribution in [0.4, 0.5) is 0 Å². The van der Waals surface area contributed by atoms with E-state index in [2.05, 4.69) is 0 Å². The maximum absolute atomic E-state index is 11.8. The Morgan fingerprint density at radius 3 is 2.62 bits per heavy atom. The summed E-state index contributed by atoms with van der Waals surface area (Å²) in [6.07, 6.45) is 0. The molecule has 16 heavy (non-hydrogen) atoms. The largest absolute Gasteiger partial charge is 0.465 e. The summed E-state index contributed by atoms with van der Waals surface area (Å²) < 4.78 is 5.08. The molecular weight excluding hydrogens is 202 g/mol. The highest BCUT2D eigenvalue weighted by Crippen LogP contribution is 2.20. The van der Waals surface area contributed by atoms with Crippen molar-refractivity contribution in [3.05, 3.63) is 35.4 Å². The van der Waals surface area contributed by atoms with E-state index in [1.165, 1.54) is 0 Å². The van der Waals surface area contributed by atoms with Gasteiger partial charge in [0.15, 0.2) is 0 Å². The lowest BCUT2D eigenvalue weighted by atomic mass is 10.0. The van der Waals surface area contributed by atoms with Crippen LogP contribution < -0.4 is 0 Å². The molecule has 0 aliphatic carbocycles. The minimum absolute atomic E-state index is 0.196. The molecule has 0 aliphatic rings. The third-order valence-corrected chi connectivity index (χ3v) is 2.38. The summed E-state index contributed by atoms with van der Waals surface area (Å²) in [5.74, 6) is -0.196. The zero-order valence-corrected chi connectivity index (χ0v) is 10.4. The zero-order valence-electron chi connectivity index (χ0n) is 10.4. The number of hydrogen-bond donors (Lipinski definition) is 0. The Morgan fingerprint density at radius 1 is 1.44 bits per heavy atom.